The number of para-hydroxylation sites is 1. The molecule has 0 saturated heterocycles. The molecular formula is C14H12BrNO2. The van der Waals surface area contributed by atoms with Crippen molar-refractivity contribution in [3.63, 3.8) is 0 Å². The summed E-state index contributed by atoms with van der Waals surface area (Å²) >= 11 is 3.37. The predicted molar refractivity (Wildman–Crippen MR) is 72.1 cm³/mol. The molecule has 0 aliphatic carbocycles. The summed E-state index contributed by atoms with van der Waals surface area (Å²) in [7, 11) is 0. The summed E-state index contributed by atoms with van der Waals surface area (Å²) < 4.78 is 12.1. The van der Waals surface area contributed by atoms with Crippen LogP contribution < -0.4 is 9.47 Å². The lowest BCUT2D eigenvalue weighted by Gasteiger charge is -2.11. The van der Waals surface area contributed by atoms with Crippen LogP contribution in [0, 0.1) is 0 Å². The first-order valence-electron chi connectivity index (χ1n) is 5.79. The van der Waals surface area contributed by atoms with Crippen LogP contribution in [0.25, 0.3) is 0 Å². The summed E-state index contributed by atoms with van der Waals surface area (Å²) in [6.07, 6.45) is 1.73. The van der Waals surface area contributed by atoms with Crippen LogP contribution in [-0.2, 0) is 0 Å². The summed E-state index contributed by atoms with van der Waals surface area (Å²) in [5, 5.41) is 0. The number of hydrogen-bond acceptors (Lipinski definition) is 3. The van der Waals surface area contributed by atoms with Gasteiger partial charge in [-0.2, -0.15) is 0 Å². The molecule has 1 aromatic carbocycles. The third-order valence-electron chi connectivity index (χ3n) is 2.96. The first-order chi connectivity index (χ1) is 8.84. The number of rotatable bonds is 3. The van der Waals surface area contributed by atoms with Gasteiger partial charge in [0.2, 0.25) is 0 Å². The summed E-state index contributed by atoms with van der Waals surface area (Å²) in [5.41, 5.74) is 1.22. The number of pyridine rings is 1. The second-order valence-corrected chi connectivity index (χ2v) is 4.90. The summed E-state index contributed by atoms with van der Waals surface area (Å²) in [6, 6.07) is 11.9. The Morgan fingerprint density at radius 1 is 1.28 bits per heavy atom. The van der Waals surface area contributed by atoms with Crippen molar-refractivity contribution in [3.05, 3.63) is 52.8 Å². The summed E-state index contributed by atoms with van der Waals surface area (Å²) in [4.78, 5) is 4.13. The van der Waals surface area contributed by atoms with Crippen molar-refractivity contribution in [1.82, 2.24) is 4.98 Å². The molecule has 1 aliphatic heterocycles. The number of nitrogens with zero attached hydrogens (tertiary/aromatic N) is 1. The van der Waals surface area contributed by atoms with Gasteiger partial charge in [0.15, 0.2) is 5.75 Å². The molecule has 0 N–H and O–H groups in total. The van der Waals surface area contributed by atoms with Crippen molar-refractivity contribution in [3.8, 4) is 11.5 Å². The van der Waals surface area contributed by atoms with Crippen LogP contribution in [0.3, 0.4) is 0 Å². The Hall–Kier alpha value is -1.55. The highest BCUT2D eigenvalue weighted by Gasteiger charge is 2.24. The van der Waals surface area contributed by atoms with Gasteiger partial charge in [0, 0.05) is 11.8 Å². The number of hydrogen-bond donors (Lipinski definition) is 0. The summed E-state index contributed by atoms with van der Waals surface area (Å²) in [5.74, 6) is 2.02. The molecule has 1 aromatic heterocycles. The molecule has 0 spiro atoms. The van der Waals surface area contributed by atoms with Crippen LogP contribution in [0.2, 0.25) is 0 Å². The van der Waals surface area contributed by atoms with Gasteiger partial charge in [-0.25, -0.2) is 4.98 Å². The van der Waals surface area contributed by atoms with E-state index in [2.05, 4.69) is 27.0 Å². The van der Waals surface area contributed by atoms with Crippen molar-refractivity contribution >= 4 is 15.9 Å². The molecule has 1 aliphatic rings. The highest BCUT2D eigenvalue weighted by Crippen LogP contribution is 2.34. The van der Waals surface area contributed by atoms with E-state index in [-0.39, 0.29) is 5.92 Å². The van der Waals surface area contributed by atoms with Crippen molar-refractivity contribution in [2.75, 3.05) is 13.2 Å². The van der Waals surface area contributed by atoms with Crippen molar-refractivity contribution in [2.45, 2.75) is 5.92 Å². The van der Waals surface area contributed by atoms with Crippen LogP contribution in [0.1, 0.15) is 11.5 Å². The number of halogens is 1. The summed E-state index contributed by atoms with van der Waals surface area (Å²) in [6.45, 7) is 1.28. The van der Waals surface area contributed by atoms with E-state index in [9.17, 15) is 0 Å². The topological polar surface area (TPSA) is 31.4 Å². The van der Waals surface area contributed by atoms with Crippen LogP contribution in [0.5, 0.6) is 11.5 Å². The molecule has 0 saturated carbocycles. The Morgan fingerprint density at radius 3 is 3.06 bits per heavy atom. The van der Waals surface area contributed by atoms with E-state index in [1.54, 1.807) is 6.20 Å². The number of ether oxygens (including phenoxy) is 2. The van der Waals surface area contributed by atoms with Crippen molar-refractivity contribution in [1.29, 1.82) is 0 Å². The molecule has 1 unspecified atom stereocenters. The molecule has 18 heavy (non-hydrogen) atoms. The van der Waals surface area contributed by atoms with Crippen LogP contribution in [0.4, 0.5) is 0 Å². The maximum Gasteiger partial charge on any atom is 0.152 e. The molecule has 0 fully saturated rings. The molecule has 3 rings (SSSR count). The number of fused-ring (bicyclic) bond motifs is 1. The van der Waals surface area contributed by atoms with Gasteiger partial charge in [0.05, 0.1) is 19.1 Å². The smallest absolute Gasteiger partial charge is 0.152 e. The first-order valence-corrected chi connectivity index (χ1v) is 6.59. The Balaban J connectivity index is 1.71. The largest absolute Gasteiger partial charge is 0.493 e. The van der Waals surface area contributed by atoms with Crippen molar-refractivity contribution < 1.29 is 9.47 Å². The highest BCUT2D eigenvalue weighted by atomic mass is 79.9. The quantitative estimate of drug-likeness (QED) is 0.815. The maximum atomic E-state index is 5.79. The van der Waals surface area contributed by atoms with E-state index >= 15 is 0 Å². The van der Waals surface area contributed by atoms with E-state index in [0.717, 1.165) is 16.1 Å². The maximum absolute atomic E-state index is 5.79. The minimum atomic E-state index is 0.285. The lowest BCUT2D eigenvalue weighted by Crippen LogP contribution is -2.12. The van der Waals surface area contributed by atoms with Gasteiger partial charge in [0.1, 0.15) is 10.4 Å². The molecular weight excluding hydrogens is 294 g/mol. The van der Waals surface area contributed by atoms with Gasteiger partial charge in [0.25, 0.3) is 0 Å². The molecule has 2 heterocycles. The zero-order valence-electron chi connectivity index (χ0n) is 9.67. The Kier molecular flexibility index (Phi) is 3.19. The van der Waals surface area contributed by atoms with E-state index in [1.807, 2.05) is 30.3 Å². The average molecular weight is 306 g/mol. The Labute approximate surface area is 114 Å². The molecule has 3 nitrogen and oxygen atoms in total. The first kappa shape index (κ1) is 11.5. The minimum Gasteiger partial charge on any atom is -0.493 e. The third-order valence-corrected chi connectivity index (χ3v) is 3.56. The molecule has 0 bridgehead atoms. The molecule has 4 heteroatoms. The van der Waals surface area contributed by atoms with Gasteiger partial charge in [-0.05, 0) is 34.1 Å². The van der Waals surface area contributed by atoms with E-state index in [1.165, 1.54) is 5.56 Å². The van der Waals surface area contributed by atoms with Gasteiger partial charge in [-0.3, -0.25) is 0 Å². The van der Waals surface area contributed by atoms with Gasteiger partial charge < -0.3 is 9.47 Å². The fraction of sp³-hybridized carbons (Fsp3) is 0.214. The number of benzene rings is 1. The van der Waals surface area contributed by atoms with Gasteiger partial charge in [-0.1, -0.05) is 18.2 Å². The molecule has 92 valence electrons. The SMILES string of the molecule is Brc1ncccc1OCC1COc2ccccc21. The monoisotopic (exact) mass is 305 g/mol. The second-order valence-electron chi connectivity index (χ2n) is 4.15. The normalized spacial score (nSPS) is 17.1. The zero-order chi connectivity index (χ0) is 12.4. The van der Waals surface area contributed by atoms with Crippen LogP contribution >= 0.6 is 15.9 Å². The molecule has 0 amide bonds. The second kappa shape index (κ2) is 4.98. The standard InChI is InChI=1S/C14H12BrNO2/c15-14-13(6-3-7-16-14)18-9-10-8-17-12-5-2-1-4-11(10)12/h1-7,10H,8-9H2. The molecule has 1 atom stereocenters. The Morgan fingerprint density at radius 2 is 2.17 bits per heavy atom. The van der Waals surface area contributed by atoms with Crippen molar-refractivity contribution in [2.24, 2.45) is 0 Å². The lowest BCUT2D eigenvalue weighted by molar-refractivity contribution is 0.246. The average Bonchev–Trinajstić information content (AvgIpc) is 2.81. The molecule has 0 radical (unpaired) electrons. The third kappa shape index (κ3) is 2.20. The van der Waals surface area contributed by atoms with E-state index in [4.69, 9.17) is 9.47 Å². The fourth-order valence-corrected chi connectivity index (χ4v) is 2.40. The van der Waals surface area contributed by atoms with Gasteiger partial charge >= 0.3 is 0 Å². The van der Waals surface area contributed by atoms with Gasteiger partial charge in [-0.15, -0.1) is 0 Å². The van der Waals surface area contributed by atoms with Crippen LogP contribution in [-0.4, -0.2) is 18.2 Å². The zero-order valence-corrected chi connectivity index (χ0v) is 11.3. The number of aromatic nitrogens is 1. The van der Waals surface area contributed by atoms with E-state index in [0.29, 0.717) is 13.2 Å². The minimum absolute atomic E-state index is 0.285. The lowest BCUT2D eigenvalue weighted by atomic mass is 10.0. The van der Waals surface area contributed by atoms with E-state index < -0.39 is 0 Å². The van der Waals surface area contributed by atoms with Crippen LogP contribution in [0.15, 0.2) is 47.2 Å². The highest BCUT2D eigenvalue weighted by molar-refractivity contribution is 9.10. The predicted octanol–water partition coefficient (Wildman–Crippen LogP) is 3.40. The Bertz CT molecular complexity index is 559. The fourth-order valence-electron chi connectivity index (χ4n) is 2.04. The molecule has 2 aromatic rings.